The van der Waals surface area contributed by atoms with Crippen LogP contribution in [0.5, 0.6) is 5.75 Å². The second kappa shape index (κ2) is 5.03. The van der Waals surface area contributed by atoms with Gasteiger partial charge in [0.15, 0.2) is 5.82 Å². The predicted molar refractivity (Wildman–Crippen MR) is 74.3 cm³/mol. The Morgan fingerprint density at radius 3 is 2.79 bits per heavy atom. The second-order valence-corrected chi connectivity index (χ2v) is 5.23. The first-order valence-corrected chi connectivity index (χ1v) is 6.85. The Kier molecular flexibility index (Phi) is 3.23. The van der Waals surface area contributed by atoms with Crippen LogP contribution in [-0.2, 0) is 0 Å². The lowest BCUT2D eigenvalue weighted by Crippen LogP contribution is -1.95. The van der Waals surface area contributed by atoms with E-state index in [1.165, 1.54) is 31.2 Å². The number of nitrogens with one attached hydrogen (secondary N) is 1. The molecule has 1 saturated carbocycles. The maximum absolute atomic E-state index is 5.40. The van der Waals surface area contributed by atoms with E-state index in [2.05, 4.69) is 28.2 Å². The number of benzene rings is 1. The molecular weight excluding hydrogens is 238 g/mol. The number of aryl methyl sites for hydroxylation is 1. The first-order valence-electron chi connectivity index (χ1n) is 6.85. The lowest BCUT2D eigenvalue weighted by atomic mass is 10.1. The van der Waals surface area contributed by atoms with E-state index in [1.807, 2.05) is 12.1 Å². The lowest BCUT2D eigenvalue weighted by molar-refractivity contribution is 0.416. The van der Waals surface area contributed by atoms with Crippen LogP contribution in [0.15, 0.2) is 18.2 Å². The summed E-state index contributed by atoms with van der Waals surface area (Å²) in [5.74, 6) is 3.14. The Bertz CT molecular complexity index is 571. The number of ether oxygens (including phenoxy) is 1. The normalized spacial score (nSPS) is 15.9. The van der Waals surface area contributed by atoms with Gasteiger partial charge in [-0.2, -0.15) is 5.10 Å². The van der Waals surface area contributed by atoms with Gasteiger partial charge in [-0.1, -0.05) is 24.5 Å². The minimum atomic E-state index is 0.553. The molecule has 2 aromatic rings. The van der Waals surface area contributed by atoms with Crippen LogP contribution in [0.4, 0.5) is 0 Å². The highest BCUT2D eigenvalue weighted by molar-refractivity contribution is 5.64. The van der Waals surface area contributed by atoms with Crippen molar-refractivity contribution in [1.82, 2.24) is 15.2 Å². The fraction of sp³-hybridized carbons (Fsp3) is 0.467. The molecule has 4 heteroatoms. The smallest absolute Gasteiger partial charge is 0.184 e. The van der Waals surface area contributed by atoms with E-state index in [0.717, 1.165) is 23.0 Å². The zero-order valence-corrected chi connectivity index (χ0v) is 11.4. The Balaban J connectivity index is 1.95. The highest BCUT2D eigenvalue weighted by Crippen LogP contribution is 2.34. The molecule has 0 spiro atoms. The van der Waals surface area contributed by atoms with Crippen molar-refractivity contribution in [1.29, 1.82) is 0 Å². The van der Waals surface area contributed by atoms with Crippen LogP contribution in [0.1, 0.15) is 43.0 Å². The third-order valence-electron chi connectivity index (χ3n) is 3.84. The largest absolute Gasteiger partial charge is 0.496 e. The number of H-pyrrole nitrogens is 1. The molecule has 1 heterocycles. The van der Waals surface area contributed by atoms with Gasteiger partial charge < -0.3 is 4.74 Å². The molecule has 4 nitrogen and oxygen atoms in total. The number of aromatic nitrogens is 3. The fourth-order valence-corrected chi connectivity index (χ4v) is 2.77. The molecule has 1 aromatic heterocycles. The highest BCUT2D eigenvalue weighted by atomic mass is 16.5. The minimum absolute atomic E-state index is 0.553. The third-order valence-corrected chi connectivity index (χ3v) is 3.84. The number of nitrogens with zero attached hydrogens (tertiary/aromatic N) is 2. The van der Waals surface area contributed by atoms with E-state index in [0.29, 0.717) is 5.92 Å². The van der Waals surface area contributed by atoms with E-state index in [-0.39, 0.29) is 0 Å². The van der Waals surface area contributed by atoms with Gasteiger partial charge in [0, 0.05) is 5.92 Å². The van der Waals surface area contributed by atoms with Gasteiger partial charge in [0.05, 0.1) is 12.7 Å². The number of hydrogen-bond acceptors (Lipinski definition) is 3. The Labute approximate surface area is 113 Å². The van der Waals surface area contributed by atoms with Gasteiger partial charge in [-0.3, -0.25) is 5.10 Å². The van der Waals surface area contributed by atoms with Crippen molar-refractivity contribution in [3.8, 4) is 17.1 Å². The van der Waals surface area contributed by atoms with Gasteiger partial charge in [-0.05, 0) is 31.9 Å². The number of methoxy groups -OCH3 is 1. The van der Waals surface area contributed by atoms with Crippen LogP contribution in [-0.4, -0.2) is 22.3 Å². The zero-order valence-electron chi connectivity index (χ0n) is 11.4. The van der Waals surface area contributed by atoms with Gasteiger partial charge >= 0.3 is 0 Å². The lowest BCUT2D eigenvalue weighted by Gasteiger charge is -2.06. The highest BCUT2D eigenvalue weighted by Gasteiger charge is 2.21. The molecule has 0 saturated heterocycles. The summed E-state index contributed by atoms with van der Waals surface area (Å²) in [4.78, 5) is 4.67. The van der Waals surface area contributed by atoms with Crippen molar-refractivity contribution >= 4 is 0 Å². The molecule has 0 amide bonds. The van der Waals surface area contributed by atoms with Crippen LogP contribution < -0.4 is 4.74 Å². The van der Waals surface area contributed by atoms with E-state index in [4.69, 9.17) is 4.74 Å². The maximum atomic E-state index is 5.40. The molecule has 3 rings (SSSR count). The van der Waals surface area contributed by atoms with Crippen LogP contribution in [0.2, 0.25) is 0 Å². The van der Waals surface area contributed by atoms with Gasteiger partial charge in [-0.15, -0.1) is 0 Å². The van der Waals surface area contributed by atoms with Crippen molar-refractivity contribution in [2.24, 2.45) is 0 Å². The summed E-state index contributed by atoms with van der Waals surface area (Å²) in [7, 11) is 1.68. The van der Waals surface area contributed by atoms with E-state index in [1.54, 1.807) is 7.11 Å². The minimum Gasteiger partial charge on any atom is -0.496 e. The Hall–Kier alpha value is -1.84. The number of hydrogen-bond donors (Lipinski definition) is 1. The van der Waals surface area contributed by atoms with E-state index >= 15 is 0 Å². The summed E-state index contributed by atoms with van der Waals surface area (Å²) in [5.41, 5.74) is 2.14. The van der Waals surface area contributed by atoms with Crippen molar-refractivity contribution in [2.75, 3.05) is 7.11 Å². The molecule has 0 aliphatic heterocycles. The SMILES string of the molecule is COc1ccc(C)cc1-c1n[nH]c(C2CCCC2)n1. The monoisotopic (exact) mass is 257 g/mol. The van der Waals surface area contributed by atoms with Crippen LogP contribution >= 0.6 is 0 Å². The van der Waals surface area contributed by atoms with Gasteiger partial charge in [-0.25, -0.2) is 4.98 Å². The molecule has 100 valence electrons. The summed E-state index contributed by atoms with van der Waals surface area (Å²) in [5, 5.41) is 7.46. The summed E-state index contributed by atoms with van der Waals surface area (Å²) >= 11 is 0. The predicted octanol–water partition coefficient (Wildman–Crippen LogP) is 3.45. The molecule has 0 bridgehead atoms. The molecular formula is C15H19N3O. The zero-order chi connectivity index (χ0) is 13.2. The molecule has 0 radical (unpaired) electrons. The topological polar surface area (TPSA) is 50.8 Å². The van der Waals surface area contributed by atoms with E-state index < -0.39 is 0 Å². The van der Waals surface area contributed by atoms with Crippen molar-refractivity contribution in [2.45, 2.75) is 38.5 Å². The van der Waals surface area contributed by atoms with Gasteiger partial charge in [0.25, 0.3) is 0 Å². The third kappa shape index (κ3) is 2.35. The Morgan fingerprint density at radius 2 is 2.05 bits per heavy atom. The molecule has 1 aliphatic rings. The summed E-state index contributed by atoms with van der Waals surface area (Å²) in [6.45, 7) is 2.06. The van der Waals surface area contributed by atoms with Crippen LogP contribution in [0.3, 0.4) is 0 Å². The summed E-state index contributed by atoms with van der Waals surface area (Å²) < 4.78 is 5.40. The summed E-state index contributed by atoms with van der Waals surface area (Å²) in [6, 6.07) is 6.07. The molecule has 1 aliphatic carbocycles. The van der Waals surface area contributed by atoms with Crippen LogP contribution in [0.25, 0.3) is 11.4 Å². The average molecular weight is 257 g/mol. The first-order chi connectivity index (χ1) is 9.28. The van der Waals surface area contributed by atoms with E-state index in [9.17, 15) is 0 Å². The van der Waals surface area contributed by atoms with Crippen molar-refractivity contribution < 1.29 is 4.74 Å². The summed E-state index contributed by atoms with van der Waals surface area (Å²) in [6.07, 6.45) is 5.04. The van der Waals surface area contributed by atoms with Gasteiger partial charge in [0.2, 0.25) is 0 Å². The molecule has 1 N–H and O–H groups in total. The quantitative estimate of drug-likeness (QED) is 0.916. The molecule has 0 unspecified atom stereocenters. The molecule has 0 atom stereocenters. The molecule has 1 fully saturated rings. The fourth-order valence-electron chi connectivity index (χ4n) is 2.77. The Morgan fingerprint density at radius 1 is 1.26 bits per heavy atom. The molecule has 19 heavy (non-hydrogen) atoms. The standard InChI is InChI=1S/C15H19N3O/c1-10-7-8-13(19-2)12(9-10)15-16-14(17-18-15)11-5-3-4-6-11/h7-9,11H,3-6H2,1-2H3,(H,16,17,18). The number of aromatic amines is 1. The molecule has 1 aromatic carbocycles. The second-order valence-electron chi connectivity index (χ2n) is 5.23. The first kappa shape index (κ1) is 12.2. The number of rotatable bonds is 3. The van der Waals surface area contributed by atoms with Gasteiger partial charge in [0.1, 0.15) is 11.6 Å². The maximum Gasteiger partial charge on any atom is 0.184 e. The van der Waals surface area contributed by atoms with Crippen molar-refractivity contribution in [3.05, 3.63) is 29.6 Å². The van der Waals surface area contributed by atoms with Crippen molar-refractivity contribution in [3.63, 3.8) is 0 Å². The van der Waals surface area contributed by atoms with Crippen LogP contribution in [0, 0.1) is 6.92 Å². The average Bonchev–Trinajstić information content (AvgIpc) is 3.09.